The number of hydrogen-bond acceptors (Lipinski definition) is 3. The number of carbonyl (C=O) groups excluding carboxylic acids is 1. The Hall–Kier alpha value is -2.23. The van der Waals surface area contributed by atoms with Crippen LogP contribution in [0.1, 0.15) is 37.3 Å². The van der Waals surface area contributed by atoms with Crippen LogP contribution < -0.4 is 10.1 Å². The largest absolute Gasteiger partial charge is 0.494 e. The van der Waals surface area contributed by atoms with Gasteiger partial charge >= 0.3 is 0 Å². The molecule has 1 aromatic carbocycles. The molecule has 1 N–H and O–H groups in total. The Morgan fingerprint density at radius 2 is 2.00 bits per heavy atom. The summed E-state index contributed by atoms with van der Waals surface area (Å²) in [5.41, 5.74) is 0. The molecule has 0 saturated carbocycles. The summed E-state index contributed by atoms with van der Waals surface area (Å²) in [5.74, 6) is 2.47. The van der Waals surface area contributed by atoms with Crippen LogP contribution in [0, 0.1) is 6.92 Å². The van der Waals surface area contributed by atoms with Crippen LogP contribution in [0.3, 0.4) is 0 Å². The molecule has 1 aromatic heterocycles. The van der Waals surface area contributed by atoms with Crippen LogP contribution in [-0.4, -0.2) is 12.5 Å². The Bertz CT molecular complexity index is 562. The van der Waals surface area contributed by atoms with E-state index in [1.54, 1.807) is 0 Å². The average molecular weight is 287 g/mol. The van der Waals surface area contributed by atoms with Crippen molar-refractivity contribution in [2.75, 3.05) is 6.61 Å². The van der Waals surface area contributed by atoms with Crippen LogP contribution in [0.4, 0.5) is 0 Å². The summed E-state index contributed by atoms with van der Waals surface area (Å²) in [5, 5.41) is 2.92. The maximum atomic E-state index is 11.8. The van der Waals surface area contributed by atoms with E-state index in [0.717, 1.165) is 17.3 Å². The third-order valence-corrected chi connectivity index (χ3v) is 3.13. The minimum atomic E-state index is -0.110. The highest BCUT2D eigenvalue weighted by molar-refractivity contribution is 5.76. The molecule has 0 aliphatic carbocycles. The number of nitrogens with one attached hydrogen (secondary N) is 1. The van der Waals surface area contributed by atoms with Gasteiger partial charge in [-0.25, -0.2) is 0 Å². The predicted molar refractivity (Wildman–Crippen MR) is 81.2 cm³/mol. The first-order valence-electron chi connectivity index (χ1n) is 7.18. The van der Waals surface area contributed by atoms with E-state index in [-0.39, 0.29) is 11.9 Å². The third kappa shape index (κ3) is 4.99. The van der Waals surface area contributed by atoms with Gasteiger partial charge in [0.2, 0.25) is 5.91 Å². The lowest BCUT2D eigenvalue weighted by Gasteiger charge is -2.11. The van der Waals surface area contributed by atoms with Crippen molar-refractivity contribution in [1.29, 1.82) is 0 Å². The zero-order valence-electron chi connectivity index (χ0n) is 12.5. The van der Waals surface area contributed by atoms with Crippen LogP contribution in [-0.2, 0) is 4.79 Å². The standard InChI is InChI=1S/C17H21NO3/c1-13-10-11-16(21-13)14(2)18-17(19)9-6-12-20-15-7-4-3-5-8-15/h3-5,7-8,10-11,14H,6,9,12H2,1-2H3,(H,18,19). The van der Waals surface area contributed by atoms with Crippen LogP contribution >= 0.6 is 0 Å². The Labute approximate surface area is 125 Å². The van der Waals surface area contributed by atoms with Gasteiger partial charge in [0.1, 0.15) is 17.3 Å². The van der Waals surface area contributed by atoms with Crippen molar-refractivity contribution in [2.45, 2.75) is 32.7 Å². The Kier molecular flexibility index (Phi) is 5.43. The number of hydrogen-bond donors (Lipinski definition) is 1. The fourth-order valence-electron chi connectivity index (χ4n) is 2.01. The Morgan fingerprint density at radius 1 is 1.24 bits per heavy atom. The molecule has 1 unspecified atom stereocenters. The summed E-state index contributed by atoms with van der Waals surface area (Å²) in [6.07, 6.45) is 1.13. The first kappa shape index (κ1) is 15.2. The normalized spacial score (nSPS) is 11.9. The Balaban J connectivity index is 1.65. The van der Waals surface area contributed by atoms with Gasteiger partial charge in [0.05, 0.1) is 12.6 Å². The third-order valence-electron chi connectivity index (χ3n) is 3.13. The maximum Gasteiger partial charge on any atom is 0.220 e. The molecular formula is C17H21NO3. The molecule has 2 aromatic rings. The first-order valence-corrected chi connectivity index (χ1v) is 7.18. The summed E-state index contributed by atoms with van der Waals surface area (Å²) in [4.78, 5) is 11.8. The first-order chi connectivity index (χ1) is 10.1. The molecule has 21 heavy (non-hydrogen) atoms. The second-order valence-electron chi connectivity index (χ2n) is 5.00. The van der Waals surface area contributed by atoms with Gasteiger partial charge in [-0.1, -0.05) is 18.2 Å². The van der Waals surface area contributed by atoms with Gasteiger partial charge in [0, 0.05) is 6.42 Å². The Morgan fingerprint density at radius 3 is 2.67 bits per heavy atom. The lowest BCUT2D eigenvalue weighted by Crippen LogP contribution is -2.26. The summed E-state index contributed by atoms with van der Waals surface area (Å²) in [7, 11) is 0. The smallest absolute Gasteiger partial charge is 0.220 e. The molecule has 4 heteroatoms. The molecule has 4 nitrogen and oxygen atoms in total. The number of ether oxygens (including phenoxy) is 1. The molecule has 1 atom stereocenters. The number of amides is 1. The fourth-order valence-corrected chi connectivity index (χ4v) is 2.01. The van der Waals surface area contributed by atoms with Crippen molar-refractivity contribution in [3.8, 4) is 5.75 Å². The van der Waals surface area contributed by atoms with Crippen molar-refractivity contribution in [3.05, 3.63) is 54.0 Å². The van der Waals surface area contributed by atoms with E-state index in [9.17, 15) is 4.79 Å². The molecule has 0 saturated heterocycles. The molecule has 0 spiro atoms. The number of carbonyl (C=O) groups is 1. The molecule has 1 heterocycles. The zero-order valence-corrected chi connectivity index (χ0v) is 12.5. The molecule has 0 aliphatic heterocycles. The van der Waals surface area contributed by atoms with E-state index in [4.69, 9.17) is 9.15 Å². The number of para-hydroxylation sites is 1. The number of aryl methyl sites for hydroxylation is 1. The number of benzene rings is 1. The van der Waals surface area contributed by atoms with Crippen molar-refractivity contribution >= 4 is 5.91 Å². The molecule has 0 fully saturated rings. The van der Waals surface area contributed by atoms with Crippen molar-refractivity contribution in [2.24, 2.45) is 0 Å². The molecule has 0 radical (unpaired) electrons. The number of furan rings is 1. The van der Waals surface area contributed by atoms with Gasteiger partial charge in [-0.2, -0.15) is 0 Å². The average Bonchev–Trinajstić information content (AvgIpc) is 2.91. The summed E-state index contributed by atoms with van der Waals surface area (Å²) < 4.78 is 11.0. The highest BCUT2D eigenvalue weighted by atomic mass is 16.5. The summed E-state index contributed by atoms with van der Waals surface area (Å²) >= 11 is 0. The second-order valence-corrected chi connectivity index (χ2v) is 5.00. The monoisotopic (exact) mass is 287 g/mol. The van der Waals surface area contributed by atoms with Crippen LogP contribution in [0.25, 0.3) is 0 Å². The van der Waals surface area contributed by atoms with Crippen molar-refractivity contribution in [3.63, 3.8) is 0 Å². The van der Waals surface area contributed by atoms with Gasteiger partial charge in [0.25, 0.3) is 0 Å². The molecule has 112 valence electrons. The van der Waals surface area contributed by atoms with E-state index in [1.165, 1.54) is 0 Å². The molecule has 0 bridgehead atoms. The van der Waals surface area contributed by atoms with Gasteiger partial charge in [-0.3, -0.25) is 4.79 Å². The molecule has 1 amide bonds. The minimum Gasteiger partial charge on any atom is -0.494 e. The molecule has 0 aliphatic rings. The quantitative estimate of drug-likeness (QED) is 0.791. The zero-order chi connectivity index (χ0) is 15.1. The van der Waals surface area contributed by atoms with E-state index in [0.29, 0.717) is 19.4 Å². The molecule has 2 rings (SSSR count). The van der Waals surface area contributed by atoms with Gasteiger partial charge in [-0.05, 0) is 44.5 Å². The lowest BCUT2D eigenvalue weighted by molar-refractivity contribution is -0.122. The van der Waals surface area contributed by atoms with E-state index in [1.807, 2.05) is 56.3 Å². The van der Waals surface area contributed by atoms with E-state index in [2.05, 4.69) is 5.32 Å². The highest BCUT2D eigenvalue weighted by Crippen LogP contribution is 2.15. The van der Waals surface area contributed by atoms with Crippen LogP contribution in [0.2, 0.25) is 0 Å². The number of rotatable bonds is 7. The van der Waals surface area contributed by atoms with E-state index >= 15 is 0 Å². The van der Waals surface area contributed by atoms with Crippen molar-refractivity contribution < 1.29 is 13.9 Å². The SMILES string of the molecule is Cc1ccc(C(C)NC(=O)CCCOc2ccccc2)o1. The summed E-state index contributed by atoms with van der Waals surface area (Å²) in [6, 6.07) is 13.3. The van der Waals surface area contributed by atoms with Gasteiger partial charge in [-0.15, -0.1) is 0 Å². The predicted octanol–water partition coefficient (Wildman–Crippen LogP) is 3.62. The van der Waals surface area contributed by atoms with Crippen LogP contribution in [0.5, 0.6) is 5.75 Å². The van der Waals surface area contributed by atoms with Gasteiger partial charge in [0.15, 0.2) is 0 Å². The topological polar surface area (TPSA) is 51.5 Å². The van der Waals surface area contributed by atoms with Crippen LogP contribution in [0.15, 0.2) is 46.9 Å². The molecular weight excluding hydrogens is 266 g/mol. The van der Waals surface area contributed by atoms with E-state index < -0.39 is 0 Å². The maximum absolute atomic E-state index is 11.8. The second kappa shape index (κ2) is 7.53. The fraction of sp³-hybridized carbons (Fsp3) is 0.353. The highest BCUT2D eigenvalue weighted by Gasteiger charge is 2.12. The lowest BCUT2D eigenvalue weighted by atomic mass is 10.2. The summed E-state index contributed by atoms with van der Waals surface area (Å²) in [6.45, 7) is 4.33. The van der Waals surface area contributed by atoms with Crippen molar-refractivity contribution in [1.82, 2.24) is 5.32 Å². The minimum absolute atomic E-state index is 0.00761. The van der Waals surface area contributed by atoms with Gasteiger partial charge < -0.3 is 14.5 Å².